The van der Waals surface area contributed by atoms with Gasteiger partial charge in [-0.25, -0.2) is 0 Å². The average Bonchev–Trinajstić information content (AvgIpc) is 2.88. The van der Waals surface area contributed by atoms with Gasteiger partial charge >= 0.3 is 0 Å². The van der Waals surface area contributed by atoms with Crippen LogP contribution in [0.25, 0.3) is 0 Å². The number of aryl methyl sites for hydroxylation is 2. The molecule has 0 aliphatic carbocycles. The maximum absolute atomic E-state index is 4.44. The van der Waals surface area contributed by atoms with Gasteiger partial charge in [-0.15, -0.1) is 0 Å². The SMILES string of the molecule is CCc1nn(C)cc1CNCC1CCCN1. The Morgan fingerprint density at radius 1 is 1.62 bits per heavy atom. The van der Waals surface area contributed by atoms with Crippen molar-refractivity contribution in [1.82, 2.24) is 20.4 Å². The van der Waals surface area contributed by atoms with Gasteiger partial charge in [-0.2, -0.15) is 5.10 Å². The highest BCUT2D eigenvalue weighted by Crippen LogP contribution is 2.07. The quantitative estimate of drug-likeness (QED) is 0.775. The standard InChI is InChI=1S/C12H22N4/c1-3-12-10(9-16(2)15-12)7-13-8-11-5-4-6-14-11/h9,11,13-14H,3-8H2,1-2H3. The zero-order chi connectivity index (χ0) is 11.4. The summed E-state index contributed by atoms with van der Waals surface area (Å²) in [7, 11) is 1.99. The van der Waals surface area contributed by atoms with Crippen molar-refractivity contribution in [3.8, 4) is 0 Å². The molecule has 90 valence electrons. The van der Waals surface area contributed by atoms with Crippen LogP contribution in [0.4, 0.5) is 0 Å². The fraction of sp³-hybridized carbons (Fsp3) is 0.750. The van der Waals surface area contributed by atoms with Gasteiger partial charge in [-0.3, -0.25) is 4.68 Å². The summed E-state index contributed by atoms with van der Waals surface area (Å²) >= 11 is 0. The van der Waals surface area contributed by atoms with Crippen LogP contribution >= 0.6 is 0 Å². The summed E-state index contributed by atoms with van der Waals surface area (Å²) in [5, 5.41) is 11.4. The van der Waals surface area contributed by atoms with E-state index in [4.69, 9.17) is 0 Å². The lowest BCUT2D eigenvalue weighted by molar-refractivity contribution is 0.535. The lowest BCUT2D eigenvalue weighted by Gasteiger charge is -2.10. The van der Waals surface area contributed by atoms with Crippen LogP contribution in [0.1, 0.15) is 31.0 Å². The van der Waals surface area contributed by atoms with E-state index in [1.807, 2.05) is 11.7 Å². The predicted molar refractivity (Wildman–Crippen MR) is 65.3 cm³/mol. The fourth-order valence-electron chi connectivity index (χ4n) is 2.34. The first-order chi connectivity index (χ1) is 7.79. The largest absolute Gasteiger partial charge is 0.313 e. The third-order valence-corrected chi connectivity index (χ3v) is 3.20. The van der Waals surface area contributed by atoms with Gasteiger partial charge < -0.3 is 10.6 Å². The van der Waals surface area contributed by atoms with E-state index >= 15 is 0 Å². The molecule has 4 nitrogen and oxygen atoms in total. The highest BCUT2D eigenvalue weighted by Gasteiger charge is 2.13. The average molecular weight is 222 g/mol. The number of nitrogens with one attached hydrogen (secondary N) is 2. The molecule has 0 saturated carbocycles. The van der Waals surface area contributed by atoms with Crippen molar-refractivity contribution in [2.24, 2.45) is 7.05 Å². The Balaban J connectivity index is 1.79. The van der Waals surface area contributed by atoms with Gasteiger partial charge in [0.1, 0.15) is 0 Å². The lowest BCUT2D eigenvalue weighted by atomic mass is 10.2. The summed E-state index contributed by atoms with van der Waals surface area (Å²) < 4.78 is 1.91. The van der Waals surface area contributed by atoms with Gasteiger partial charge in [0.2, 0.25) is 0 Å². The molecule has 1 atom stereocenters. The molecule has 1 aromatic rings. The van der Waals surface area contributed by atoms with E-state index in [1.54, 1.807) is 0 Å². The molecule has 0 bridgehead atoms. The summed E-state index contributed by atoms with van der Waals surface area (Å²) in [6.07, 6.45) is 5.76. The molecular formula is C12H22N4. The zero-order valence-electron chi connectivity index (χ0n) is 10.3. The minimum absolute atomic E-state index is 0.668. The normalized spacial score (nSPS) is 20.5. The van der Waals surface area contributed by atoms with Crippen LogP contribution in [0.3, 0.4) is 0 Å². The number of hydrogen-bond donors (Lipinski definition) is 2. The molecule has 16 heavy (non-hydrogen) atoms. The van der Waals surface area contributed by atoms with Crippen molar-refractivity contribution in [1.29, 1.82) is 0 Å². The second-order valence-electron chi connectivity index (χ2n) is 4.55. The van der Waals surface area contributed by atoms with Crippen LogP contribution in [0.5, 0.6) is 0 Å². The van der Waals surface area contributed by atoms with Crippen molar-refractivity contribution >= 4 is 0 Å². The Labute approximate surface area is 97.4 Å². The number of aromatic nitrogens is 2. The van der Waals surface area contributed by atoms with E-state index < -0.39 is 0 Å². The summed E-state index contributed by atoms with van der Waals surface area (Å²) in [6, 6.07) is 0.668. The molecular weight excluding hydrogens is 200 g/mol. The number of rotatable bonds is 5. The van der Waals surface area contributed by atoms with E-state index in [1.165, 1.54) is 30.6 Å². The van der Waals surface area contributed by atoms with Crippen molar-refractivity contribution in [3.63, 3.8) is 0 Å². The van der Waals surface area contributed by atoms with Crippen LogP contribution in [0, 0.1) is 0 Å². The molecule has 1 aromatic heterocycles. The molecule has 1 fully saturated rings. The Bertz CT molecular complexity index is 326. The maximum atomic E-state index is 4.44. The summed E-state index contributed by atoms with van der Waals surface area (Å²) in [5.74, 6) is 0. The first-order valence-electron chi connectivity index (χ1n) is 6.25. The van der Waals surface area contributed by atoms with Gasteiger partial charge in [-0.05, 0) is 25.8 Å². The molecule has 2 heterocycles. The van der Waals surface area contributed by atoms with Crippen LogP contribution < -0.4 is 10.6 Å². The smallest absolute Gasteiger partial charge is 0.0666 e. The zero-order valence-corrected chi connectivity index (χ0v) is 10.3. The molecule has 1 saturated heterocycles. The lowest BCUT2D eigenvalue weighted by Crippen LogP contribution is -2.33. The predicted octanol–water partition coefficient (Wildman–Crippen LogP) is 0.824. The van der Waals surface area contributed by atoms with Crippen molar-refractivity contribution in [2.45, 2.75) is 38.8 Å². The minimum Gasteiger partial charge on any atom is -0.313 e. The topological polar surface area (TPSA) is 41.9 Å². The molecule has 2 N–H and O–H groups in total. The van der Waals surface area contributed by atoms with E-state index in [-0.39, 0.29) is 0 Å². The molecule has 1 aliphatic heterocycles. The van der Waals surface area contributed by atoms with Crippen LogP contribution in [-0.4, -0.2) is 28.9 Å². The van der Waals surface area contributed by atoms with Crippen molar-refractivity contribution < 1.29 is 0 Å². The number of hydrogen-bond acceptors (Lipinski definition) is 3. The number of nitrogens with zero attached hydrogens (tertiary/aromatic N) is 2. The molecule has 0 spiro atoms. The molecule has 0 amide bonds. The molecule has 2 rings (SSSR count). The van der Waals surface area contributed by atoms with Crippen LogP contribution in [0.15, 0.2) is 6.20 Å². The highest BCUT2D eigenvalue weighted by molar-refractivity contribution is 5.16. The van der Waals surface area contributed by atoms with E-state index in [9.17, 15) is 0 Å². The maximum Gasteiger partial charge on any atom is 0.0666 e. The van der Waals surface area contributed by atoms with E-state index in [2.05, 4.69) is 28.9 Å². The van der Waals surface area contributed by atoms with Gasteiger partial charge in [0.15, 0.2) is 0 Å². The molecule has 1 aliphatic rings. The highest BCUT2D eigenvalue weighted by atomic mass is 15.3. The second-order valence-corrected chi connectivity index (χ2v) is 4.55. The Morgan fingerprint density at radius 3 is 3.19 bits per heavy atom. The molecule has 0 radical (unpaired) electrons. The first-order valence-corrected chi connectivity index (χ1v) is 6.25. The van der Waals surface area contributed by atoms with E-state index in [0.29, 0.717) is 6.04 Å². The Hall–Kier alpha value is -0.870. The molecule has 4 heteroatoms. The van der Waals surface area contributed by atoms with Gasteiger partial charge in [0, 0.05) is 37.9 Å². The monoisotopic (exact) mass is 222 g/mol. The molecule has 1 unspecified atom stereocenters. The molecule has 0 aromatic carbocycles. The van der Waals surface area contributed by atoms with Crippen molar-refractivity contribution in [2.75, 3.05) is 13.1 Å². The third kappa shape index (κ3) is 2.83. The van der Waals surface area contributed by atoms with Gasteiger partial charge in [0.25, 0.3) is 0 Å². The third-order valence-electron chi connectivity index (χ3n) is 3.20. The summed E-state index contributed by atoms with van der Waals surface area (Å²) in [5.41, 5.74) is 2.55. The van der Waals surface area contributed by atoms with Crippen LogP contribution in [-0.2, 0) is 20.0 Å². The fourth-order valence-corrected chi connectivity index (χ4v) is 2.34. The van der Waals surface area contributed by atoms with Gasteiger partial charge in [0.05, 0.1) is 5.69 Å². The minimum atomic E-state index is 0.668. The van der Waals surface area contributed by atoms with Crippen LogP contribution in [0.2, 0.25) is 0 Å². The first kappa shape index (κ1) is 11.6. The Morgan fingerprint density at radius 2 is 2.50 bits per heavy atom. The summed E-state index contributed by atoms with van der Waals surface area (Å²) in [4.78, 5) is 0. The van der Waals surface area contributed by atoms with Gasteiger partial charge in [-0.1, -0.05) is 6.92 Å². The second kappa shape index (κ2) is 5.46. The van der Waals surface area contributed by atoms with E-state index in [0.717, 1.165) is 19.5 Å². The summed E-state index contributed by atoms with van der Waals surface area (Å²) in [6.45, 7) is 5.34. The Kier molecular flexibility index (Phi) is 3.96. The van der Waals surface area contributed by atoms with Crippen molar-refractivity contribution in [3.05, 3.63) is 17.5 Å².